The van der Waals surface area contributed by atoms with E-state index < -0.39 is 23.5 Å². The van der Waals surface area contributed by atoms with Crippen LogP contribution in [0.5, 0.6) is 0 Å². The smallest absolute Gasteiger partial charge is 0.295 e. The van der Waals surface area contributed by atoms with Crippen molar-refractivity contribution >= 4 is 29.1 Å². The lowest BCUT2D eigenvalue weighted by molar-refractivity contribution is -0.140. The lowest BCUT2D eigenvalue weighted by Crippen LogP contribution is -2.31. The average Bonchev–Trinajstić information content (AvgIpc) is 2.94. The van der Waals surface area contributed by atoms with Gasteiger partial charge in [0.15, 0.2) is 0 Å². The fourth-order valence-corrected chi connectivity index (χ4v) is 3.37. The number of aliphatic hydroxyl groups excluding tert-OH is 1. The van der Waals surface area contributed by atoms with Gasteiger partial charge in [0.25, 0.3) is 11.7 Å². The van der Waals surface area contributed by atoms with Gasteiger partial charge in [0.2, 0.25) is 0 Å². The molecule has 1 aliphatic heterocycles. The summed E-state index contributed by atoms with van der Waals surface area (Å²) in [5.41, 5.74) is 0.872. The van der Waals surface area contributed by atoms with Crippen molar-refractivity contribution < 1.29 is 23.8 Å². The number of amides is 1. The summed E-state index contributed by atoms with van der Waals surface area (Å²) in [5.74, 6) is -2.21. The van der Waals surface area contributed by atoms with Crippen LogP contribution in [0.3, 0.4) is 0 Å². The SMILES string of the molecule is COCCCN1C(=O)C(=O)C(=C(O)c2ccc(Cl)cc2)C1c1ccc(F)cc1. The molecule has 1 atom stereocenters. The number of ketones is 1. The molecule has 1 N–H and O–H groups in total. The molecular formula is C21H19ClFNO4. The largest absolute Gasteiger partial charge is 0.507 e. The second-order valence-electron chi connectivity index (χ2n) is 6.40. The van der Waals surface area contributed by atoms with E-state index in [9.17, 15) is 19.1 Å². The highest BCUT2D eigenvalue weighted by Gasteiger charge is 2.45. The molecule has 146 valence electrons. The van der Waals surface area contributed by atoms with E-state index in [1.54, 1.807) is 31.4 Å². The zero-order valence-electron chi connectivity index (χ0n) is 15.2. The second-order valence-corrected chi connectivity index (χ2v) is 6.83. The van der Waals surface area contributed by atoms with Gasteiger partial charge in [-0.3, -0.25) is 9.59 Å². The topological polar surface area (TPSA) is 66.8 Å². The standard InChI is InChI=1S/C21H19ClFNO4/c1-28-12-2-11-24-18(13-5-9-16(23)10-6-13)17(20(26)21(24)27)19(25)14-3-7-15(22)8-4-14/h3-10,18,25H,2,11-12H2,1H3. The number of carbonyl (C=O) groups is 2. The Morgan fingerprint density at radius 2 is 1.79 bits per heavy atom. The van der Waals surface area contributed by atoms with Crippen molar-refractivity contribution in [3.05, 3.63) is 76.1 Å². The van der Waals surface area contributed by atoms with Crippen molar-refractivity contribution in [2.45, 2.75) is 12.5 Å². The van der Waals surface area contributed by atoms with E-state index in [-0.39, 0.29) is 17.9 Å². The number of halogens is 2. The molecule has 1 fully saturated rings. The molecule has 1 aliphatic rings. The lowest BCUT2D eigenvalue weighted by atomic mass is 9.95. The summed E-state index contributed by atoms with van der Waals surface area (Å²) in [6.07, 6.45) is 0.516. The summed E-state index contributed by atoms with van der Waals surface area (Å²) in [6, 6.07) is 11.0. The van der Waals surface area contributed by atoms with E-state index in [4.69, 9.17) is 16.3 Å². The number of nitrogens with zero attached hydrogens (tertiary/aromatic N) is 1. The first-order valence-electron chi connectivity index (χ1n) is 8.72. The third-order valence-corrected chi connectivity index (χ3v) is 4.84. The number of carbonyl (C=O) groups excluding carboxylic acids is 2. The Hall–Kier alpha value is -2.70. The van der Waals surface area contributed by atoms with Gasteiger partial charge in [0.05, 0.1) is 11.6 Å². The first kappa shape index (κ1) is 20.0. The molecule has 1 saturated heterocycles. The van der Waals surface area contributed by atoms with Crippen molar-refractivity contribution in [2.24, 2.45) is 0 Å². The van der Waals surface area contributed by atoms with Crippen molar-refractivity contribution in [1.82, 2.24) is 4.90 Å². The number of aliphatic hydroxyl groups is 1. The van der Waals surface area contributed by atoms with Gasteiger partial charge in [-0.2, -0.15) is 0 Å². The molecule has 5 nitrogen and oxygen atoms in total. The van der Waals surface area contributed by atoms with Gasteiger partial charge in [0.1, 0.15) is 11.6 Å². The molecule has 0 aliphatic carbocycles. The third-order valence-electron chi connectivity index (χ3n) is 4.59. The molecule has 0 bridgehead atoms. The van der Waals surface area contributed by atoms with E-state index in [0.717, 1.165) is 0 Å². The van der Waals surface area contributed by atoms with Crippen LogP contribution in [-0.4, -0.2) is 42.0 Å². The molecule has 1 unspecified atom stereocenters. The number of likely N-dealkylation sites (tertiary alicyclic amines) is 1. The highest BCUT2D eigenvalue weighted by molar-refractivity contribution is 6.46. The van der Waals surface area contributed by atoms with E-state index in [0.29, 0.717) is 29.2 Å². The number of methoxy groups -OCH3 is 1. The molecule has 0 radical (unpaired) electrons. The van der Waals surface area contributed by atoms with Gasteiger partial charge >= 0.3 is 0 Å². The predicted molar refractivity (Wildman–Crippen MR) is 103 cm³/mol. The van der Waals surface area contributed by atoms with Crippen molar-refractivity contribution in [3.63, 3.8) is 0 Å². The van der Waals surface area contributed by atoms with Gasteiger partial charge < -0.3 is 14.7 Å². The number of benzene rings is 2. The highest BCUT2D eigenvalue weighted by Crippen LogP contribution is 2.39. The molecule has 1 heterocycles. The van der Waals surface area contributed by atoms with Crippen molar-refractivity contribution in [1.29, 1.82) is 0 Å². The summed E-state index contributed by atoms with van der Waals surface area (Å²) in [7, 11) is 1.55. The lowest BCUT2D eigenvalue weighted by Gasteiger charge is -2.25. The number of rotatable bonds is 6. The maximum atomic E-state index is 13.4. The molecule has 0 saturated carbocycles. The molecule has 0 aromatic heterocycles. The summed E-state index contributed by atoms with van der Waals surface area (Å²) >= 11 is 5.89. The Bertz CT molecular complexity index is 909. The number of Topliss-reactive ketones (excluding diaryl/α,β-unsaturated/α-hetero) is 1. The first-order valence-corrected chi connectivity index (χ1v) is 9.10. The predicted octanol–water partition coefficient (Wildman–Crippen LogP) is 3.94. The molecule has 2 aromatic carbocycles. The number of hydrogen-bond acceptors (Lipinski definition) is 4. The first-order chi connectivity index (χ1) is 13.4. The zero-order valence-corrected chi connectivity index (χ0v) is 15.9. The molecule has 7 heteroatoms. The number of hydrogen-bond donors (Lipinski definition) is 1. The second kappa shape index (κ2) is 8.54. The van der Waals surface area contributed by atoms with E-state index >= 15 is 0 Å². The Balaban J connectivity index is 2.10. The van der Waals surface area contributed by atoms with Crippen LogP contribution in [0, 0.1) is 5.82 Å². The van der Waals surface area contributed by atoms with Gasteiger partial charge in [-0.25, -0.2) is 4.39 Å². The van der Waals surface area contributed by atoms with Gasteiger partial charge in [0, 0.05) is 30.8 Å². The molecular weight excluding hydrogens is 385 g/mol. The van der Waals surface area contributed by atoms with Crippen molar-refractivity contribution in [2.75, 3.05) is 20.3 Å². The van der Waals surface area contributed by atoms with E-state index in [1.165, 1.54) is 29.2 Å². The highest BCUT2D eigenvalue weighted by atomic mass is 35.5. The fourth-order valence-electron chi connectivity index (χ4n) is 3.24. The Kier molecular flexibility index (Phi) is 6.11. The van der Waals surface area contributed by atoms with Crippen molar-refractivity contribution in [3.8, 4) is 0 Å². The average molecular weight is 404 g/mol. The third kappa shape index (κ3) is 3.93. The minimum Gasteiger partial charge on any atom is -0.507 e. The molecule has 28 heavy (non-hydrogen) atoms. The van der Waals surface area contributed by atoms with Crippen LogP contribution in [0.1, 0.15) is 23.6 Å². The number of ether oxygens (including phenoxy) is 1. The normalized spacial score (nSPS) is 18.7. The fraction of sp³-hybridized carbons (Fsp3) is 0.238. The van der Waals surface area contributed by atoms with Gasteiger partial charge in [-0.1, -0.05) is 23.7 Å². The summed E-state index contributed by atoms with van der Waals surface area (Å²) in [5, 5.41) is 11.3. The monoisotopic (exact) mass is 403 g/mol. The maximum Gasteiger partial charge on any atom is 0.295 e. The molecule has 0 spiro atoms. The summed E-state index contributed by atoms with van der Waals surface area (Å²) < 4.78 is 18.4. The molecule has 2 aromatic rings. The van der Waals surface area contributed by atoms with Crippen LogP contribution in [0.2, 0.25) is 5.02 Å². The zero-order chi connectivity index (χ0) is 20.3. The van der Waals surface area contributed by atoms with E-state index in [1.807, 2.05) is 0 Å². The summed E-state index contributed by atoms with van der Waals surface area (Å²) in [4.78, 5) is 26.8. The Morgan fingerprint density at radius 3 is 2.39 bits per heavy atom. The van der Waals surface area contributed by atoms with Crippen LogP contribution in [0.25, 0.3) is 5.76 Å². The quantitative estimate of drug-likeness (QED) is 0.343. The van der Waals surface area contributed by atoms with Crippen LogP contribution in [0.4, 0.5) is 4.39 Å². The van der Waals surface area contributed by atoms with Gasteiger partial charge in [-0.05, 0) is 48.4 Å². The van der Waals surface area contributed by atoms with Crippen LogP contribution in [0.15, 0.2) is 54.1 Å². The molecule has 1 amide bonds. The van der Waals surface area contributed by atoms with E-state index in [2.05, 4.69) is 0 Å². The van der Waals surface area contributed by atoms with Crippen LogP contribution >= 0.6 is 11.6 Å². The molecule has 3 rings (SSSR count). The minimum absolute atomic E-state index is 0.0312. The van der Waals surface area contributed by atoms with Gasteiger partial charge in [-0.15, -0.1) is 0 Å². The van der Waals surface area contributed by atoms with Crippen LogP contribution < -0.4 is 0 Å². The van der Waals surface area contributed by atoms with Crippen LogP contribution in [-0.2, 0) is 14.3 Å². The minimum atomic E-state index is -0.812. The Morgan fingerprint density at radius 1 is 1.14 bits per heavy atom. The Labute approximate surface area is 167 Å². The summed E-state index contributed by atoms with van der Waals surface area (Å²) in [6.45, 7) is 0.675. The maximum absolute atomic E-state index is 13.4.